The van der Waals surface area contributed by atoms with Crippen LogP contribution in [-0.4, -0.2) is 17.3 Å². The van der Waals surface area contributed by atoms with Gasteiger partial charge in [-0.15, -0.1) is 11.3 Å². The van der Waals surface area contributed by atoms with Gasteiger partial charge in [0.05, 0.1) is 18.0 Å². The molecule has 0 fully saturated rings. The summed E-state index contributed by atoms with van der Waals surface area (Å²) in [6, 6.07) is 15.4. The zero-order valence-electron chi connectivity index (χ0n) is 13.9. The minimum absolute atomic E-state index is 0.145. The van der Waals surface area contributed by atoms with Crippen LogP contribution in [0.15, 0.2) is 59.0 Å². The van der Waals surface area contributed by atoms with E-state index in [1.807, 2.05) is 67.8 Å². The van der Waals surface area contributed by atoms with Gasteiger partial charge in [0.2, 0.25) is 5.13 Å². The molecule has 3 rings (SSSR count). The molecule has 0 saturated carbocycles. The molecule has 1 aromatic heterocycles. The number of hydrogen-bond acceptors (Lipinski definition) is 5. The number of anilines is 1. The summed E-state index contributed by atoms with van der Waals surface area (Å²) in [4.78, 5) is 4.52. The molecule has 25 heavy (non-hydrogen) atoms. The summed E-state index contributed by atoms with van der Waals surface area (Å²) in [5.74, 6) is 0.832. The van der Waals surface area contributed by atoms with Crippen molar-refractivity contribution in [1.29, 1.82) is 0 Å². The van der Waals surface area contributed by atoms with Crippen molar-refractivity contribution in [2.24, 2.45) is 5.10 Å². The van der Waals surface area contributed by atoms with Gasteiger partial charge >= 0.3 is 0 Å². The van der Waals surface area contributed by atoms with Crippen LogP contribution in [0, 0.1) is 0 Å². The normalized spacial score (nSPS) is 11.2. The predicted octanol–water partition coefficient (Wildman–Crippen LogP) is 5.70. The number of nitrogens with zero attached hydrogens (tertiary/aromatic N) is 2. The fourth-order valence-corrected chi connectivity index (χ4v) is 2.98. The van der Waals surface area contributed by atoms with Crippen LogP contribution in [0.25, 0.3) is 11.3 Å². The Hall–Kier alpha value is -2.37. The Bertz CT molecular complexity index is 859. The summed E-state index contributed by atoms with van der Waals surface area (Å²) in [6.07, 6.45) is 1.89. The van der Waals surface area contributed by atoms with Crippen molar-refractivity contribution in [3.8, 4) is 17.0 Å². The number of thiazole rings is 1. The van der Waals surface area contributed by atoms with Crippen molar-refractivity contribution < 1.29 is 4.74 Å². The number of benzene rings is 2. The first-order valence-corrected chi connectivity index (χ1v) is 9.13. The molecule has 2 aromatic carbocycles. The number of halogens is 1. The SMILES string of the molecule is CC(C)Oc1cccc(/C=N\Nc2nc(-c3ccc(Cl)cc3)cs2)c1. The molecule has 0 atom stereocenters. The third kappa shape index (κ3) is 5.05. The van der Waals surface area contributed by atoms with Crippen molar-refractivity contribution in [1.82, 2.24) is 4.98 Å². The van der Waals surface area contributed by atoms with Gasteiger partial charge in [-0.3, -0.25) is 5.43 Å². The average Bonchev–Trinajstić information content (AvgIpc) is 3.04. The van der Waals surface area contributed by atoms with Gasteiger partial charge in [-0.2, -0.15) is 5.10 Å². The Morgan fingerprint density at radius 3 is 2.76 bits per heavy atom. The molecule has 4 nitrogen and oxygen atoms in total. The summed E-state index contributed by atoms with van der Waals surface area (Å²) >= 11 is 7.41. The minimum atomic E-state index is 0.145. The Kier molecular flexibility index (Phi) is 5.68. The van der Waals surface area contributed by atoms with Crippen molar-refractivity contribution in [3.63, 3.8) is 0 Å². The molecule has 0 amide bonds. The van der Waals surface area contributed by atoms with Crippen LogP contribution in [0.3, 0.4) is 0 Å². The van der Waals surface area contributed by atoms with Gasteiger partial charge in [0, 0.05) is 16.0 Å². The van der Waals surface area contributed by atoms with Crippen LogP contribution in [0.4, 0.5) is 5.13 Å². The molecular formula is C19H18ClN3OS. The Labute approximate surface area is 156 Å². The van der Waals surface area contributed by atoms with E-state index < -0.39 is 0 Å². The number of nitrogens with one attached hydrogen (secondary N) is 1. The van der Waals surface area contributed by atoms with Crippen LogP contribution in [0.1, 0.15) is 19.4 Å². The monoisotopic (exact) mass is 371 g/mol. The van der Waals surface area contributed by atoms with Crippen molar-refractivity contribution >= 4 is 34.3 Å². The van der Waals surface area contributed by atoms with E-state index >= 15 is 0 Å². The molecule has 128 valence electrons. The molecule has 1 N–H and O–H groups in total. The van der Waals surface area contributed by atoms with Crippen LogP contribution in [0.2, 0.25) is 5.02 Å². The summed E-state index contributed by atoms with van der Waals surface area (Å²) in [5.41, 5.74) is 5.84. The van der Waals surface area contributed by atoms with E-state index in [2.05, 4.69) is 15.5 Å². The predicted molar refractivity (Wildman–Crippen MR) is 106 cm³/mol. The minimum Gasteiger partial charge on any atom is -0.491 e. The Morgan fingerprint density at radius 1 is 1.20 bits per heavy atom. The van der Waals surface area contributed by atoms with E-state index in [0.717, 1.165) is 27.7 Å². The highest BCUT2D eigenvalue weighted by atomic mass is 35.5. The van der Waals surface area contributed by atoms with Crippen molar-refractivity contribution in [2.45, 2.75) is 20.0 Å². The van der Waals surface area contributed by atoms with E-state index in [0.29, 0.717) is 5.02 Å². The van der Waals surface area contributed by atoms with Crippen molar-refractivity contribution in [2.75, 3.05) is 5.43 Å². The highest BCUT2D eigenvalue weighted by Gasteiger charge is 2.04. The molecule has 3 aromatic rings. The van der Waals surface area contributed by atoms with Gasteiger partial charge in [0.25, 0.3) is 0 Å². The van der Waals surface area contributed by atoms with Gasteiger partial charge < -0.3 is 4.74 Å². The van der Waals surface area contributed by atoms with Crippen molar-refractivity contribution in [3.05, 3.63) is 64.5 Å². The van der Waals surface area contributed by atoms with Gasteiger partial charge in [-0.05, 0) is 43.7 Å². The van der Waals surface area contributed by atoms with Gasteiger partial charge in [0.15, 0.2) is 0 Å². The zero-order valence-corrected chi connectivity index (χ0v) is 15.5. The van der Waals surface area contributed by atoms with E-state index in [4.69, 9.17) is 16.3 Å². The molecule has 0 bridgehead atoms. The third-order valence-corrected chi connectivity index (χ3v) is 4.25. The molecule has 0 aliphatic rings. The second-order valence-corrected chi connectivity index (χ2v) is 6.95. The van der Waals surface area contributed by atoms with Crippen LogP contribution >= 0.6 is 22.9 Å². The quantitative estimate of drug-likeness (QED) is 0.446. The summed E-state index contributed by atoms with van der Waals surface area (Å²) in [5, 5.41) is 7.68. The van der Waals surface area contributed by atoms with Gasteiger partial charge in [-0.25, -0.2) is 4.98 Å². The lowest BCUT2D eigenvalue weighted by atomic mass is 10.2. The topological polar surface area (TPSA) is 46.5 Å². The summed E-state index contributed by atoms with van der Waals surface area (Å²) in [6.45, 7) is 4.01. The molecule has 0 radical (unpaired) electrons. The zero-order chi connectivity index (χ0) is 17.6. The molecule has 6 heteroatoms. The molecule has 0 spiro atoms. The number of hydrogen-bond donors (Lipinski definition) is 1. The number of rotatable bonds is 6. The number of aromatic nitrogens is 1. The van der Waals surface area contributed by atoms with E-state index in [-0.39, 0.29) is 6.10 Å². The van der Waals surface area contributed by atoms with E-state index in [9.17, 15) is 0 Å². The highest BCUT2D eigenvalue weighted by molar-refractivity contribution is 7.14. The fourth-order valence-electron chi connectivity index (χ4n) is 2.18. The molecular weight excluding hydrogens is 354 g/mol. The largest absolute Gasteiger partial charge is 0.491 e. The Balaban J connectivity index is 1.64. The molecule has 0 aliphatic heterocycles. The Morgan fingerprint density at radius 2 is 2.00 bits per heavy atom. The smallest absolute Gasteiger partial charge is 0.203 e. The molecule has 1 heterocycles. The summed E-state index contributed by atoms with van der Waals surface area (Å²) in [7, 11) is 0. The molecule has 0 aliphatic carbocycles. The van der Waals surface area contributed by atoms with E-state index in [1.54, 1.807) is 6.21 Å². The van der Waals surface area contributed by atoms with Crippen LogP contribution in [0.5, 0.6) is 5.75 Å². The lowest BCUT2D eigenvalue weighted by Gasteiger charge is -2.09. The second kappa shape index (κ2) is 8.14. The second-order valence-electron chi connectivity index (χ2n) is 5.65. The molecule has 0 unspecified atom stereocenters. The first kappa shape index (κ1) is 17.5. The average molecular weight is 372 g/mol. The first-order chi connectivity index (χ1) is 12.1. The number of ether oxygens (including phenoxy) is 1. The van der Waals surface area contributed by atoms with Crippen LogP contribution < -0.4 is 10.2 Å². The lowest BCUT2D eigenvalue weighted by Crippen LogP contribution is -2.05. The highest BCUT2D eigenvalue weighted by Crippen LogP contribution is 2.26. The van der Waals surface area contributed by atoms with Crippen LogP contribution in [-0.2, 0) is 0 Å². The molecule has 0 saturated heterocycles. The standard InChI is InChI=1S/C19H18ClN3OS/c1-13(2)24-17-5-3-4-14(10-17)11-21-23-19-22-18(12-25-19)15-6-8-16(20)9-7-15/h3-13H,1-2H3,(H,22,23)/b21-11-. The first-order valence-electron chi connectivity index (χ1n) is 7.87. The number of hydrazone groups is 1. The summed E-state index contributed by atoms with van der Waals surface area (Å²) < 4.78 is 5.68. The maximum atomic E-state index is 5.91. The van der Waals surface area contributed by atoms with Gasteiger partial charge in [0.1, 0.15) is 5.75 Å². The maximum absolute atomic E-state index is 5.91. The fraction of sp³-hybridized carbons (Fsp3) is 0.158. The maximum Gasteiger partial charge on any atom is 0.203 e. The van der Waals surface area contributed by atoms with E-state index in [1.165, 1.54) is 11.3 Å². The van der Waals surface area contributed by atoms with Gasteiger partial charge in [-0.1, -0.05) is 35.9 Å². The lowest BCUT2D eigenvalue weighted by molar-refractivity contribution is 0.242. The third-order valence-electron chi connectivity index (χ3n) is 3.25.